The second-order valence-corrected chi connectivity index (χ2v) is 5.14. The zero-order valence-electron chi connectivity index (χ0n) is 10.4. The molecule has 3 nitrogen and oxygen atoms in total. The summed E-state index contributed by atoms with van der Waals surface area (Å²) >= 11 is 0. The van der Waals surface area contributed by atoms with Gasteiger partial charge in [-0.1, -0.05) is 24.3 Å². The van der Waals surface area contributed by atoms with Crippen LogP contribution in [0.4, 0.5) is 4.39 Å². The van der Waals surface area contributed by atoms with Gasteiger partial charge in [-0.05, 0) is 36.8 Å². The number of hydrazone groups is 1. The fourth-order valence-corrected chi connectivity index (χ4v) is 2.89. The van der Waals surface area contributed by atoms with Crippen LogP contribution < -0.4 is 5.43 Å². The topological polar surface area (TPSA) is 41.5 Å². The predicted molar refractivity (Wildman–Crippen MR) is 71.2 cm³/mol. The molecule has 0 saturated heterocycles. The predicted octanol–water partition coefficient (Wildman–Crippen LogP) is 2.75. The number of rotatable bonds is 3. The first-order valence-corrected chi connectivity index (χ1v) is 6.50. The van der Waals surface area contributed by atoms with Crippen molar-refractivity contribution in [2.24, 2.45) is 22.9 Å². The van der Waals surface area contributed by atoms with Crippen molar-refractivity contribution in [2.75, 3.05) is 0 Å². The first kappa shape index (κ1) is 12.1. The third-order valence-corrected chi connectivity index (χ3v) is 3.88. The maximum atomic E-state index is 13.4. The molecule has 0 unspecified atom stereocenters. The lowest BCUT2D eigenvalue weighted by Gasteiger charge is -2.11. The molecule has 98 valence electrons. The highest BCUT2D eigenvalue weighted by Crippen LogP contribution is 2.42. The zero-order valence-corrected chi connectivity index (χ0v) is 10.4. The zero-order chi connectivity index (χ0) is 13.2. The quantitative estimate of drug-likeness (QED) is 0.505. The molecule has 2 aliphatic rings. The number of fused-ring (bicyclic) bond motifs is 2. The standard InChI is InChI=1S/C15H15FN2O/c16-14-4-2-1-3-13(14)15(19)18-17-9-12-8-10-5-6-11(12)7-10/h1-6,9-12H,7-8H2,(H,18,19)/b17-9-/t10-,11-,12+/m0/s1. The molecule has 0 heterocycles. The van der Waals surface area contributed by atoms with Crippen LogP contribution >= 0.6 is 0 Å². The van der Waals surface area contributed by atoms with E-state index in [0.29, 0.717) is 17.8 Å². The first-order chi connectivity index (χ1) is 9.24. The number of carbonyl (C=O) groups is 1. The number of benzene rings is 1. The van der Waals surface area contributed by atoms with E-state index in [1.54, 1.807) is 18.3 Å². The van der Waals surface area contributed by atoms with Crippen LogP contribution in [0.15, 0.2) is 41.5 Å². The molecule has 19 heavy (non-hydrogen) atoms. The second kappa shape index (κ2) is 4.96. The fourth-order valence-electron chi connectivity index (χ4n) is 2.89. The third-order valence-electron chi connectivity index (χ3n) is 3.88. The summed E-state index contributed by atoms with van der Waals surface area (Å²) in [5.74, 6) is 0.588. The van der Waals surface area contributed by atoms with Crippen molar-refractivity contribution in [3.05, 3.63) is 47.8 Å². The lowest BCUT2D eigenvalue weighted by Crippen LogP contribution is -2.20. The van der Waals surface area contributed by atoms with Gasteiger partial charge in [0.1, 0.15) is 5.82 Å². The monoisotopic (exact) mass is 258 g/mol. The summed E-state index contributed by atoms with van der Waals surface area (Å²) in [5.41, 5.74) is 2.41. The molecule has 2 bridgehead atoms. The molecular weight excluding hydrogens is 243 g/mol. The minimum absolute atomic E-state index is 0.0208. The van der Waals surface area contributed by atoms with Crippen LogP contribution in [0.2, 0.25) is 0 Å². The Labute approximate surface area is 111 Å². The summed E-state index contributed by atoms with van der Waals surface area (Å²) < 4.78 is 13.4. The lowest BCUT2D eigenvalue weighted by molar-refractivity contribution is 0.0951. The number of nitrogens with one attached hydrogen (secondary N) is 1. The van der Waals surface area contributed by atoms with E-state index in [1.807, 2.05) is 0 Å². The molecule has 3 rings (SSSR count). The maximum absolute atomic E-state index is 13.4. The molecule has 0 aliphatic heterocycles. The summed E-state index contributed by atoms with van der Waals surface area (Å²) in [5, 5.41) is 3.96. The normalized spacial score (nSPS) is 28.2. The van der Waals surface area contributed by atoms with E-state index in [4.69, 9.17) is 0 Å². The van der Waals surface area contributed by atoms with Gasteiger partial charge in [-0.15, -0.1) is 0 Å². The molecule has 3 atom stereocenters. The largest absolute Gasteiger partial charge is 0.274 e. The summed E-state index contributed by atoms with van der Waals surface area (Å²) in [6.45, 7) is 0. The van der Waals surface area contributed by atoms with Crippen molar-refractivity contribution in [1.29, 1.82) is 0 Å². The average molecular weight is 258 g/mol. The molecule has 0 spiro atoms. The van der Waals surface area contributed by atoms with Crippen molar-refractivity contribution < 1.29 is 9.18 Å². The molecule has 0 radical (unpaired) electrons. The molecule has 1 fully saturated rings. The number of carbonyl (C=O) groups excluding carboxylic acids is 1. The molecule has 1 N–H and O–H groups in total. The average Bonchev–Trinajstić information content (AvgIpc) is 3.01. The minimum atomic E-state index is -0.530. The van der Waals surface area contributed by atoms with Crippen molar-refractivity contribution in [3.8, 4) is 0 Å². The molecule has 4 heteroatoms. The van der Waals surface area contributed by atoms with Crippen LogP contribution in [0.1, 0.15) is 23.2 Å². The first-order valence-electron chi connectivity index (χ1n) is 6.50. The van der Waals surface area contributed by atoms with E-state index < -0.39 is 11.7 Å². The third kappa shape index (κ3) is 2.43. The number of amides is 1. The van der Waals surface area contributed by atoms with Crippen LogP contribution in [-0.4, -0.2) is 12.1 Å². The van der Waals surface area contributed by atoms with Gasteiger partial charge in [0.05, 0.1) is 5.56 Å². The SMILES string of the molecule is O=C(N/N=C\[C@H]1C[C@H]2C=C[C@H]1C2)c1ccccc1F. The van der Waals surface area contributed by atoms with E-state index in [-0.39, 0.29) is 5.56 Å². The maximum Gasteiger partial charge on any atom is 0.274 e. The van der Waals surface area contributed by atoms with Crippen molar-refractivity contribution in [2.45, 2.75) is 12.8 Å². The number of nitrogens with zero attached hydrogens (tertiary/aromatic N) is 1. The van der Waals surface area contributed by atoms with Crippen LogP contribution in [0.5, 0.6) is 0 Å². The highest BCUT2D eigenvalue weighted by atomic mass is 19.1. The van der Waals surface area contributed by atoms with E-state index in [0.717, 1.165) is 6.42 Å². The van der Waals surface area contributed by atoms with E-state index in [2.05, 4.69) is 22.7 Å². The van der Waals surface area contributed by atoms with Gasteiger partial charge < -0.3 is 0 Å². The number of allylic oxidation sites excluding steroid dienone is 2. The van der Waals surface area contributed by atoms with Gasteiger partial charge in [-0.3, -0.25) is 4.79 Å². The van der Waals surface area contributed by atoms with Gasteiger partial charge in [-0.2, -0.15) is 5.10 Å². The molecule has 2 aliphatic carbocycles. The summed E-state index contributed by atoms with van der Waals surface area (Å²) in [6.07, 6.45) is 8.56. The Kier molecular flexibility index (Phi) is 3.15. The highest BCUT2D eigenvalue weighted by Gasteiger charge is 2.34. The van der Waals surface area contributed by atoms with Gasteiger partial charge >= 0.3 is 0 Å². The Morgan fingerprint density at radius 2 is 2.16 bits per heavy atom. The fraction of sp³-hybridized carbons (Fsp3) is 0.333. The number of hydrogen-bond acceptors (Lipinski definition) is 2. The molecule has 1 saturated carbocycles. The summed E-state index contributed by atoms with van der Waals surface area (Å²) in [7, 11) is 0. The van der Waals surface area contributed by atoms with Gasteiger partial charge in [0.15, 0.2) is 0 Å². The Morgan fingerprint density at radius 3 is 2.84 bits per heavy atom. The van der Waals surface area contributed by atoms with Gasteiger partial charge in [0.25, 0.3) is 5.91 Å². The van der Waals surface area contributed by atoms with Crippen LogP contribution in [0.3, 0.4) is 0 Å². The van der Waals surface area contributed by atoms with Crippen molar-refractivity contribution >= 4 is 12.1 Å². The van der Waals surface area contributed by atoms with E-state index >= 15 is 0 Å². The Bertz CT molecular complexity index is 553. The molecule has 1 amide bonds. The molecular formula is C15H15FN2O. The van der Waals surface area contributed by atoms with Crippen LogP contribution in [0, 0.1) is 23.6 Å². The van der Waals surface area contributed by atoms with E-state index in [1.165, 1.54) is 18.6 Å². The Balaban J connectivity index is 1.59. The number of halogens is 1. The van der Waals surface area contributed by atoms with E-state index in [9.17, 15) is 9.18 Å². The molecule has 0 aromatic heterocycles. The smallest absolute Gasteiger partial charge is 0.267 e. The highest BCUT2D eigenvalue weighted by molar-refractivity contribution is 5.94. The van der Waals surface area contributed by atoms with Crippen LogP contribution in [0.25, 0.3) is 0 Å². The van der Waals surface area contributed by atoms with Crippen molar-refractivity contribution in [1.82, 2.24) is 5.43 Å². The van der Waals surface area contributed by atoms with Crippen LogP contribution in [-0.2, 0) is 0 Å². The molecule has 1 aromatic carbocycles. The Hall–Kier alpha value is -1.97. The summed E-state index contributed by atoms with van der Waals surface area (Å²) in [4.78, 5) is 11.7. The van der Waals surface area contributed by atoms with Gasteiger partial charge in [0, 0.05) is 12.1 Å². The number of hydrogen-bond donors (Lipinski definition) is 1. The van der Waals surface area contributed by atoms with Crippen molar-refractivity contribution in [3.63, 3.8) is 0 Å². The minimum Gasteiger partial charge on any atom is -0.267 e. The molecule has 1 aromatic rings. The van der Waals surface area contributed by atoms with Gasteiger partial charge in [0.2, 0.25) is 0 Å². The summed E-state index contributed by atoms with van der Waals surface area (Å²) in [6, 6.07) is 5.89. The van der Waals surface area contributed by atoms with Gasteiger partial charge in [-0.25, -0.2) is 9.82 Å². The Morgan fingerprint density at radius 1 is 1.32 bits per heavy atom. The lowest BCUT2D eigenvalue weighted by atomic mass is 9.95. The second-order valence-electron chi connectivity index (χ2n) is 5.14.